The maximum atomic E-state index is 12.2. The van der Waals surface area contributed by atoms with Crippen LogP contribution in [0.5, 0.6) is 0 Å². The third-order valence-corrected chi connectivity index (χ3v) is 6.98. The molecule has 1 aliphatic rings. The molecule has 24 heavy (non-hydrogen) atoms. The van der Waals surface area contributed by atoms with Gasteiger partial charge in [0.2, 0.25) is 0 Å². The number of rotatable bonds is 3. The van der Waals surface area contributed by atoms with Gasteiger partial charge in [0.05, 0.1) is 17.2 Å². The average molecular weight is 382 g/mol. The molecule has 0 saturated carbocycles. The Bertz CT molecular complexity index is 979. The van der Waals surface area contributed by atoms with E-state index in [1.165, 1.54) is 11.8 Å². The summed E-state index contributed by atoms with van der Waals surface area (Å²) in [5.74, 6) is 0.215. The van der Waals surface area contributed by atoms with E-state index in [4.69, 9.17) is 11.6 Å². The molecule has 2 heterocycles. The van der Waals surface area contributed by atoms with Crippen molar-refractivity contribution in [3.05, 3.63) is 45.2 Å². The Labute approximate surface area is 147 Å². The molecule has 124 valence electrons. The number of nitrogens with zero attached hydrogens (tertiary/aromatic N) is 2. The van der Waals surface area contributed by atoms with Gasteiger partial charge in [0.1, 0.15) is 11.6 Å². The van der Waals surface area contributed by atoms with Crippen LogP contribution in [0.3, 0.4) is 0 Å². The number of halogens is 1. The van der Waals surface area contributed by atoms with Crippen LogP contribution >= 0.6 is 23.4 Å². The van der Waals surface area contributed by atoms with E-state index in [1.54, 1.807) is 24.3 Å². The zero-order valence-electron chi connectivity index (χ0n) is 12.3. The van der Waals surface area contributed by atoms with E-state index in [2.05, 4.69) is 9.97 Å². The molecule has 0 aliphatic carbocycles. The number of sulfone groups is 1. The van der Waals surface area contributed by atoms with E-state index in [-0.39, 0.29) is 28.0 Å². The van der Waals surface area contributed by atoms with Crippen LogP contribution in [-0.2, 0) is 9.84 Å². The molecule has 1 saturated heterocycles. The average Bonchev–Trinajstić information content (AvgIpc) is 2.86. The van der Waals surface area contributed by atoms with E-state index >= 15 is 0 Å². The van der Waals surface area contributed by atoms with Gasteiger partial charge in [0.15, 0.2) is 15.0 Å². The first-order chi connectivity index (χ1) is 11.4. The summed E-state index contributed by atoms with van der Waals surface area (Å²) in [6.07, 6.45) is 0.521. The van der Waals surface area contributed by atoms with Gasteiger partial charge in [-0.2, -0.15) is 5.26 Å². The van der Waals surface area contributed by atoms with Gasteiger partial charge in [0.25, 0.3) is 5.56 Å². The largest absolute Gasteiger partial charge is 0.300 e. The highest BCUT2D eigenvalue weighted by Gasteiger charge is 2.29. The highest BCUT2D eigenvalue weighted by Crippen LogP contribution is 2.30. The van der Waals surface area contributed by atoms with E-state index in [1.807, 2.05) is 6.07 Å². The van der Waals surface area contributed by atoms with Crippen molar-refractivity contribution >= 4 is 33.2 Å². The summed E-state index contributed by atoms with van der Waals surface area (Å²) in [5.41, 5.74) is 0.241. The summed E-state index contributed by atoms with van der Waals surface area (Å²) in [4.78, 5) is 19.1. The molecule has 9 heteroatoms. The standard InChI is InChI=1S/C15H12ClN3O3S2/c16-10-3-1-9(2-4-10)13-12(7-17)14(20)19-15(18-13)23-11-5-6-24(21,22)8-11/h1-4,11H,5-6,8H2,(H,18,19,20). The van der Waals surface area contributed by atoms with Gasteiger partial charge >= 0.3 is 0 Å². The molecule has 6 nitrogen and oxygen atoms in total. The molecule has 1 N–H and O–H groups in total. The Kier molecular flexibility index (Phi) is 4.67. The monoisotopic (exact) mass is 381 g/mol. The predicted molar refractivity (Wildman–Crippen MR) is 92.9 cm³/mol. The maximum absolute atomic E-state index is 12.2. The van der Waals surface area contributed by atoms with Crippen molar-refractivity contribution in [1.29, 1.82) is 5.26 Å². The van der Waals surface area contributed by atoms with Crippen molar-refractivity contribution in [2.24, 2.45) is 0 Å². The second-order valence-corrected chi connectivity index (χ2v) is 9.31. The lowest BCUT2D eigenvalue weighted by atomic mass is 10.1. The van der Waals surface area contributed by atoms with Crippen LogP contribution in [0.4, 0.5) is 0 Å². The van der Waals surface area contributed by atoms with Crippen molar-refractivity contribution in [3.8, 4) is 17.3 Å². The van der Waals surface area contributed by atoms with Crippen molar-refractivity contribution < 1.29 is 8.42 Å². The number of H-pyrrole nitrogens is 1. The Morgan fingerprint density at radius 1 is 1.33 bits per heavy atom. The fraction of sp³-hybridized carbons (Fsp3) is 0.267. The summed E-state index contributed by atoms with van der Waals surface area (Å²) < 4.78 is 23.1. The van der Waals surface area contributed by atoms with Gasteiger partial charge in [0, 0.05) is 15.8 Å². The molecule has 1 aromatic heterocycles. The number of nitriles is 1. The first-order valence-corrected chi connectivity index (χ1v) is 10.1. The number of nitrogens with one attached hydrogen (secondary N) is 1. The summed E-state index contributed by atoms with van der Waals surface area (Å²) in [6, 6.07) is 8.53. The summed E-state index contributed by atoms with van der Waals surface area (Å²) in [7, 11) is -3.01. The lowest BCUT2D eigenvalue weighted by molar-refractivity contribution is 0.602. The highest BCUT2D eigenvalue weighted by atomic mass is 35.5. The lowest BCUT2D eigenvalue weighted by Crippen LogP contribution is -2.16. The van der Waals surface area contributed by atoms with Crippen molar-refractivity contribution in [1.82, 2.24) is 9.97 Å². The van der Waals surface area contributed by atoms with Gasteiger partial charge in [-0.05, 0) is 18.6 Å². The van der Waals surface area contributed by atoms with Crippen LogP contribution < -0.4 is 5.56 Å². The Balaban J connectivity index is 1.99. The first kappa shape index (κ1) is 17.0. The van der Waals surface area contributed by atoms with E-state index in [0.29, 0.717) is 22.2 Å². The number of aromatic nitrogens is 2. The molecule has 0 spiro atoms. The Morgan fingerprint density at radius 2 is 2.04 bits per heavy atom. The van der Waals surface area contributed by atoms with Gasteiger partial charge in [-0.1, -0.05) is 35.5 Å². The number of benzene rings is 1. The Hall–Kier alpha value is -1.82. The van der Waals surface area contributed by atoms with Crippen LogP contribution in [-0.4, -0.2) is 35.1 Å². The minimum atomic E-state index is -3.01. The van der Waals surface area contributed by atoms with E-state index in [0.717, 1.165) is 0 Å². The van der Waals surface area contributed by atoms with Crippen molar-refractivity contribution in [3.63, 3.8) is 0 Å². The number of thioether (sulfide) groups is 1. The molecule has 2 aromatic rings. The molecular formula is C15H12ClN3O3S2. The predicted octanol–water partition coefficient (Wildman–Crippen LogP) is 2.24. The number of hydrogen-bond donors (Lipinski definition) is 1. The molecule has 1 unspecified atom stereocenters. The minimum Gasteiger partial charge on any atom is -0.300 e. The molecule has 1 fully saturated rings. The Morgan fingerprint density at radius 3 is 2.62 bits per heavy atom. The topological polar surface area (TPSA) is 104 Å². The molecule has 3 rings (SSSR count). The fourth-order valence-electron chi connectivity index (χ4n) is 2.44. The second-order valence-electron chi connectivity index (χ2n) is 5.36. The number of hydrogen-bond acceptors (Lipinski definition) is 6. The van der Waals surface area contributed by atoms with Gasteiger partial charge in [-0.15, -0.1) is 0 Å². The SMILES string of the molecule is N#Cc1c(-c2ccc(Cl)cc2)nc(SC2CCS(=O)(=O)C2)[nH]c1=O. The van der Waals surface area contributed by atoms with Crippen LogP contribution in [0, 0.1) is 11.3 Å². The zero-order chi connectivity index (χ0) is 17.3. The molecule has 1 atom stereocenters. The molecular weight excluding hydrogens is 370 g/mol. The summed E-state index contributed by atoms with van der Waals surface area (Å²) in [6.45, 7) is 0. The van der Waals surface area contributed by atoms with Crippen LogP contribution in [0.1, 0.15) is 12.0 Å². The van der Waals surface area contributed by atoms with Crippen LogP contribution in [0.2, 0.25) is 5.02 Å². The van der Waals surface area contributed by atoms with Gasteiger partial charge < -0.3 is 4.98 Å². The zero-order valence-corrected chi connectivity index (χ0v) is 14.7. The van der Waals surface area contributed by atoms with Crippen molar-refractivity contribution in [2.45, 2.75) is 16.8 Å². The maximum Gasteiger partial charge on any atom is 0.270 e. The molecule has 0 bridgehead atoms. The summed E-state index contributed by atoms with van der Waals surface area (Å²) >= 11 is 7.08. The normalized spacial score (nSPS) is 19.1. The fourth-order valence-corrected chi connectivity index (χ4v) is 6.00. The third kappa shape index (κ3) is 3.64. The first-order valence-electron chi connectivity index (χ1n) is 7.05. The molecule has 1 aliphatic heterocycles. The highest BCUT2D eigenvalue weighted by molar-refractivity contribution is 8.01. The van der Waals surface area contributed by atoms with Gasteiger partial charge in [-0.25, -0.2) is 13.4 Å². The lowest BCUT2D eigenvalue weighted by Gasteiger charge is -2.09. The summed E-state index contributed by atoms with van der Waals surface area (Å²) in [5, 5.41) is 9.93. The van der Waals surface area contributed by atoms with E-state index in [9.17, 15) is 18.5 Å². The number of aromatic amines is 1. The third-order valence-electron chi connectivity index (χ3n) is 3.60. The van der Waals surface area contributed by atoms with Gasteiger partial charge in [-0.3, -0.25) is 4.79 Å². The van der Waals surface area contributed by atoms with Crippen molar-refractivity contribution in [2.75, 3.05) is 11.5 Å². The van der Waals surface area contributed by atoms with Crippen LogP contribution in [0.15, 0.2) is 34.2 Å². The quantitative estimate of drug-likeness (QED) is 0.817. The van der Waals surface area contributed by atoms with Crippen LogP contribution in [0.25, 0.3) is 11.3 Å². The molecule has 1 aromatic carbocycles. The van der Waals surface area contributed by atoms with E-state index < -0.39 is 15.4 Å². The second kappa shape index (κ2) is 6.59. The minimum absolute atomic E-state index is 0.0671. The smallest absolute Gasteiger partial charge is 0.270 e. The molecule has 0 radical (unpaired) electrons. The molecule has 0 amide bonds.